The fourth-order valence-corrected chi connectivity index (χ4v) is 1.60. The number of carbonyl (C=O) groups is 1. The number of ether oxygens (including phenoxy) is 4. The molecule has 0 rings (SSSR count). The molecule has 0 aromatic carbocycles. The van der Waals surface area contributed by atoms with Crippen molar-refractivity contribution in [1.82, 2.24) is 0 Å². The van der Waals surface area contributed by atoms with Crippen molar-refractivity contribution < 1.29 is 23.7 Å². The molecule has 2 atom stereocenters. The summed E-state index contributed by atoms with van der Waals surface area (Å²) in [7, 11) is 0. The van der Waals surface area contributed by atoms with E-state index < -0.39 is 5.97 Å². The SMILES string of the molecule is C=CCOC(C)COCC(C)(C)COCC(C)OC(=O)C=C. The summed E-state index contributed by atoms with van der Waals surface area (Å²) in [4.78, 5) is 11.0. The van der Waals surface area contributed by atoms with Gasteiger partial charge >= 0.3 is 5.97 Å². The van der Waals surface area contributed by atoms with Crippen molar-refractivity contribution in [3.63, 3.8) is 0 Å². The van der Waals surface area contributed by atoms with Crippen LogP contribution in [0, 0.1) is 5.41 Å². The average Bonchev–Trinajstić information content (AvgIpc) is 2.44. The maximum Gasteiger partial charge on any atom is 0.330 e. The van der Waals surface area contributed by atoms with Gasteiger partial charge in [-0.3, -0.25) is 0 Å². The third kappa shape index (κ3) is 11.5. The lowest BCUT2D eigenvalue weighted by Crippen LogP contribution is -2.30. The van der Waals surface area contributed by atoms with Crippen LogP contribution in [0.25, 0.3) is 0 Å². The van der Waals surface area contributed by atoms with Gasteiger partial charge in [0.25, 0.3) is 0 Å². The number of hydrogen-bond acceptors (Lipinski definition) is 5. The highest BCUT2D eigenvalue weighted by Crippen LogP contribution is 2.16. The van der Waals surface area contributed by atoms with Crippen molar-refractivity contribution in [3.05, 3.63) is 25.3 Å². The quantitative estimate of drug-likeness (QED) is 0.297. The van der Waals surface area contributed by atoms with Crippen molar-refractivity contribution >= 4 is 5.97 Å². The van der Waals surface area contributed by atoms with Crippen LogP contribution in [0.4, 0.5) is 0 Å². The number of hydrogen-bond donors (Lipinski definition) is 0. The fraction of sp³-hybridized carbons (Fsp3) is 0.706. The van der Waals surface area contributed by atoms with E-state index in [-0.39, 0.29) is 17.6 Å². The number of rotatable bonds is 13. The first-order valence-electron chi connectivity index (χ1n) is 7.51. The summed E-state index contributed by atoms with van der Waals surface area (Å²) in [6.45, 7) is 17.3. The van der Waals surface area contributed by atoms with E-state index in [0.717, 1.165) is 6.08 Å². The van der Waals surface area contributed by atoms with Gasteiger partial charge in [0.2, 0.25) is 0 Å². The van der Waals surface area contributed by atoms with E-state index >= 15 is 0 Å². The third-order valence-corrected chi connectivity index (χ3v) is 2.67. The van der Waals surface area contributed by atoms with E-state index in [0.29, 0.717) is 33.0 Å². The van der Waals surface area contributed by atoms with E-state index in [1.165, 1.54) is 0 Å². The monoisotopic (exact) mass is 314 g/mol. The molecule has 0 saturated heterocycles. The third-order valence-electron chi connectivity index (χ3n) is 2.67. The van der Waals surface area contributed by atoms with E-state index in [9.17, 15) is 4.79 Å². The van der Waals surface area contributed by atoms with Gasteiger partial charge in [0, 0.05) is 11.5 Å². The Labute approximate surface area is 134 Å². The summed E-state index contributed by atoms with van der Waals surface area (Å²) in [5.41, 5.74) is -0.125. The van der Waals surface area contributed by atoms with Gasteiger partial charge in [-0.15, -0.1) is 6.58 Å². The Morgan fingerprint density at radius 1 is 1.09 bits per heavy atom. The molecule has 0 aliphatic rings. The topological polar surface area (TPSA) is 54.0 Å². The van der Waals surface area contributed by atoms with Gasteiger partial charge in [-0.2, -0.15) is 0 Å². The molecule has 0 aromatic heterocycles. The van der Waals surface area contributed by atoms with Crippen LogP contribution in [-0.4, -0.2) is 51.2 Å². The van der Waals surface area contributed by atoms with E-state index in [1.807, 2.05) is 6.92 Å². The van der Waals surface area contributed by atoms with E-state index in [4.69, 9.17) is 18.9 Å². The van der Waals surface area contributed by atoms with Crippen LogP contribution in [0.3, 0.4) is 0 Å². The first-order chi connectivity index (χ1) is 10.3. The minimum atomic E-state index is -0.438. The fourth-order valence-electron chi connectivity index (χ4n) is 1.60. The Balaban J connectivity index is 3.82. The molecule has 22 heavy (non-hydrogen) atoms. The van der Waals surface area contributed by atoms with Gasteiger partial charge in [-0.1, -0.05) is 26.5 Å². The second kappa shape index (κ2) is 11.4. The Kier molecular flexibility index (Phi) is 10.8. The number of carbonyl (C=O) groups excluding carboxylic acids is 1. The summed E-state index contributed by atoms with van der Waals surface area (Å²) in [5.74, 6) is -0.438. The van der Waals surface area contributed by atoms with Crippen LogP contribution in [-0.2, 0) is 23.7 Å². The molecule has 0 aromatic rings. The van der Waals surface area contributed by atoms with Crippen molar-refractivity contribution in [1.29, 1.82) is 0 Å². The lowest BCUT2D eigenvalue weighted by atomic mass is 9.96. The predicted molar refractivity (Wildman–Crippen MR) is 86.8 cm³/mol. The lowest BCUT2D eigenvalue weighted by molar-refractivity contribution is -0.145. The summed E-state index contributed by atoms with van der Waals surface area (Å²) < 4.78 is 21.7. The van der Waals surface area contributed by atoms with Crippen molar-refractivity contribution in [2.75, 3.05) is 33.0 Å². The first-order valence-corrected chi connectivity index (χ1v) is 7.51. The Hall–Kier alpha value is -1.17. The van der Waals surface area contributed by atoms with Crippen LogP contribution in [0.2, 0.25) is 0 Å². The van der Waals surface area contributed by atoms with Gasteiger partial charge in [0.15, 0.2) is 0 Å². The Bertz CT molecular complexity index is 338. The molecule has 0 amide bonds. The molecule has 128 valence electrons. The van der Waals surface area contributed by atoms with Crippen molar-refractivity contribution in [2.24, 2.45) is 5.41 Å². The Morgan fingerprint density at radius 2 is 1.64 bits per heavy atom. The first kappa shape index (κ1) is 20.8. The molecule has 0 aliphatic heterocycles. The van der Waals surface area contributed by atoms with Gasteiger partial charge < -0.3 is 18.9 Å². The highest BCUT2D eigenvalue weighted by atomic mass is 16.6. The summed E-state index contributed by atoms with van der Waals surface area (Å²) in [5, 5.41) is 0. The van der Waals surface area contributed by atoms with Crippen LogP contribution in [0.5, 0.6) is 0 Å². The van der Waals surface area contributed by atoms with E-state index in [1.54, 1.807) is 13.0 Å². The highest BCUT2D eigenvalue weighted by molar-refractivity contribution is 5.81. The average molecular weight is 314 g/mol. The smallest absolute Gasteiger partial charge is 0.330 e. The van der Waals surface area contributed by atoms with Crippen molar-refractivity contribution in [3.8, 4) is 0 Å². The van der Waals surface area contributed by atoms with Gasteiger partial charge in [-0.05, 0) is 13.8 Å². The van der Waals surface area contributed by atoms with Crippen LogP contribution in [0.1, 0.15) is 27.7 Å². The molecule has 0 bridgehead atoms. The Morgan fingerprint density at radius 3 is 2.14 bits per heavy atom. The number of esters is 1. The minimum Gasteiger partial charge on any atom is -0.457 e. The summed E-state index contributed by atoms with van der Waals surface area (Å²) >= 11 is 0. The van der Waals surface area contributed by atoms with Crippen molar-refractivity contribution in [2.45, 2.75) is 39.9 Å². The van der Waals surface area contributed by atoms with Gasteiger partial charge in [0.1, 0.15) is 6.10 Å². The summed E-state index contributed by atoms with van der Waals surface area (Å²) in [6, 6.07) is 0. The molecule has 0 spiro atoms. The van der Waals surface area contributed by atoms with Crippen LogP contribution < -0.4 is 0 Å². The standard InChI is InChI=1S/C17H30O5/c1-7-9-21-14(3)10-19-12-17(5,6)13-20-11-15(4)22-16(18)8-2/h7-8,14-15H,1-2,9-13H2,3-6H3. The largest absolute Gasteiger partial charge is 0.457 e. The highest BCUT2D eigenvalue weighted by Gasteiger charge is 2.20. The maximum absolute atomic E-state index is 11.0. The molecule has 0 heterocycles. The molecular weight excluding hydrogens is 284 g/mol. The molecule has 5 heteroatoms. The maximum atomic E-state index is 11.0. The minimum absolute atomic E-state index is 0.0352. The summed E-state index contributed by atoms with van der Waals surface area (Å²) in [6.07, 6.45) is 2.60. The molecular formula is C17H30O5. The van der Waals surface area contributed by atoms with Gasteiger partial charge in [-0.25, -0.2) is 4.79 Å². The van der Waals surface area contributed by atoms with Gasteiger partial charge in [0.05, 0.1) is 39.1 Å². The molecule has 0 aliphatic carbocycles. The molecule has 0 radical (unpaired) electrons. The molecule has 5 nitrogen and oxygen atoms in total. The van der Waals surface area contributed by atoms with Crippen LogP contribution >= 0.6 is 0 Å². The normalized spacial score (nSPS) is 14.2. The second-order valence-corrected chi connectivity index (χ2v) is 6.08. The predicted octanol–water partition coefficient (Wildman–Crippen LogP) is 2.75. The molecule has 0 fully saturated rings. The van der Waals surface area contributed by atoms with E-state index in [2.05, 4.69) is 27.0 Å². The molecule has 0 saturated carbocycles. The zero-order valence-electron chi connectivity index (χ0n) is 14.3. The van der Waals surface area contributed by atoms with Crippen LogP contribution in [0.15, 0.2) is 25.3 Å². The zero-order chi connectivity index (χ0) is 17.0. The lowest BCUT2D eigenvalue weighted by Gasteiger charge is -2.26. The molecule has 0 N–H and O–H groups in total. The zero-order valence-corrected chi connectivity index (χ0v) is 14.3. The molecule has 2 unspecified atom stereocenters. The second-order valence-electron chi connectivity index (χ2n) is 6.08.